The molecule has 1 aromatic rings. The van der Waals surface area contributed by atoms with E-state index < -0.39 is 5.97 Å². The molecule has 6 nitrogen and oxygen atoms in total. The molecule has 0 aromatic carbocycles. The van der Waals surface area contributed by atoms with Crippen LogP contribution in [0, 0.1) is 0 Å². The fourth-order valence-corrected chi connectivity index (χ4v) is 2.27. The Kier molecular flexibility index (Phi) is 5.36. The fraction of sp³-hybridized carbons (Fsp3) is 0.500. The summed E-state index contributed by atoms with van der Waals surface area (Å²) in [5, 5.41) is 11.9. The van der Waals surface area contributed by atoms with Crippen molar-refractivity contribution in [2.75, 3.05) is 25.0 Å². The van der Waals surface area contributed by atoms with Gasteiger partial charge in [-0.1, -0.05) is 29.9 Å². The van der Waals surface area contributed by atoms with Crippen molar-refractivity contribution in [1.82, 2.24) is 10.3 Å². The average Bonchev–Trinajstić information content (AvgIpc) is 2.68. The van der Waals surface area contributed by atoms with E-state index in [2.05, 4.69) is 10.3 Å². The zero-order valence-corrected chi connectivity index (χ0v) is 11.6. The lowest BCUT2D eigenvalue weighted by atomic mass is 10.4. The summed E-state index contributed by atoms with van der Waals surface area (Å²) in [6, 6.07) is 0. The van der Waals surface area contributed by atoms with E-state index in [0.717, 1.165) is 17.8 Å². The van der Waals surface area contributed by atoms with Gasteiger partial charge in [0, 0.05) is 13.6 Å². The molecule has 0 aliphatic rings. The number of amides is 1. The highest BCUT2D eigenvalue weighted by atomic mass is 35.5. The van der Waals surface area contributed by atoms with Gasteiger partial charge in [0.25, 0.3) is 0 Å². The zero-order valence-electron chi connectivity index (χ0n) is 10.1. The highest BCUT2D eigenvalue weighted by molar-refractivity contribution is 7.18. The molecule has 1 heterocycles. The number of hydrogen-bond donors (Lipinski definition) is 2. The lowest BCUT2D eigenvalue weighted by Gasteiger charge is -2.14. The van der Waals surface area contributed by atoms with Crippen LogP contribution >= 0.6 is 22.9 Å². The number of thiazole rings is 1. The van der Waals surface area contributed by atoms with Gasteiger partial charge in [0.15, 0.2) is 15.2 Å². The normalized spacial score (nSPS) is 10.2. The molecular formula is C10H14ClN3O3S. The van der Waals surface area contributed by atoms with E-state index in [1.165, 1.54) is 0 Å². The number of nitrogens with zero attached hydrogens (tertiary/aromatic N) is 2. The van der Waals surface area contributed by atoms with Gasteiger partial charge in [0.05, 0.1) is 6.54 Å². The Morgan fingerprint density at radius 2 is 2.22 bits per heavy atom. The number of carbonyl (C=O) groups is 2. The van der Waals surface area contributed by atoms with Gasteiger partial charge >= 0.3 is 5.97 Å². The Morgan fingerprint density at radius 1 is 1.56 bits per heavy atom. The van der Waals surface area contributed by atoms with Gasteiger partial charge in [-0.25, -0.2) is 9.78 Å². The van der Waals surface area contributed by atoms with Crippen molar-refractivity contribution in [3.8, 4) is 0 Å². The SMILES string of the molecule is CCCNC(=O)CN(C)c1nc(Cl)c(C(=O)O)s1. The van der Waals surface area contributed by atoms with Gasteiger partial charge < -0.3 is 15.3 Å². The molecule has 1 rings (SSSR count). The number of carboxylic acids is 1. The number of hydrogen-bond acceptors (Lipinski definition) is 5. The van der Waals surface area contributed by atoms with Gasteiger partial charge in [0.2, 0.25) is 5.91 Å². The van der Waals surface area contributed by atoms with Crippen molar-refractivity contribution in [2.45, 2.75) is 13.3 Å². The van der Waals surface area contributed by atoms with Gasteiger partial charge in [-0.05, 0) is 6.42 Å². The van der Waals surface area contributed by atoms with Crippen LogP contribution in [0.2, 0.25) is 5.15 Å². The second-order valence-corrected chi connectivity index (χ2v) is 4.96. The molecule has 0 saturated heterocycles. The molecule has 0 fully saturated rings. The third-order valence-corrected chi connectivity index (χ3v) is 3.59. The lowest BCUT2D eigenvalue weighted by Crippen LogP contribution is -2.35. The maximum absolute atomic E-state index is 11.5. The van der Waals surface area contributed by atoms with E-state index in [0.29, 0.717) is 11.7 Å². The molecule has 1 aromatic heterocycles. The third-order valence-electron chi connectivity index (χ3n) is 2.05. The standard InChI is InChI=1S/C10H14ClN3O3S/c1-3-4-12-6(15)5-14(2)10-13-8(11)7(18-10)9(16)17/h3-5H2,1-2H3,(H,12,15)(H,16,17). The van der Waals surface area contributed by atoms with Gasteiger partial charge in [-0.15, -0.1) is 0 Å². The summed E-state index contributed by atoms with van der Waals surface area (Å²) in [4.78, 5) is 27.8. The number of aromatic carboxylic acids is 1. The predicted octanol–water partition coefficient (Wildman–Crippen LogP) is 1.46. The van der Waals surface area contributed by atoms with Crippen molar-refractivity contribution < 1.29 is 14.7 Å². The second kappa shape index (κ2) is 6.55. The number of anilines is 1. The molecule has 1 amide bonds. The van der Waals surface area contributed by atoms with Gasteiger partial charge in [-0.3, -0.25) is 4.79 Å². The molecule has 18 heavy (non-hydrogen) atoms. The van der Waals surface area contributed by atoms with Crippen LogP contribution in [0.1, 0.15) is 23.0 Å². The van der Waals surface area contributed by atoms with Gasteiger partial charge in [-0.2, -0.15) is 0 Å². The minimum Gasteiger partial charge on any atom is -0.477 e. The number of halogens is 1. The first-order valence-corrected chi connectivity index (χ1v) is 6.52. The van der Waals surface area contributed by atoms with Crippen molar-refractivity contribution >= 4 is 39.9 Å². The lowest BCUT2D eigenvalue weighted by molar-refractivity contribution is -0.119. The Bertz CT molecular complexity index is 450. The van der Waals surface area contributed by atoms with Crippen LogP contribution in [0.4, 0.5) is 5.13 Å². The molecule has 0 atom stereocenters. The molecule has 0 bridgehead atoms. The van der Waals surface area contributed by atoms with Crippen LogP contribution in [-0.4, -0.2) is 42.1 Å². The van der Waals surface area contributed by atoms with E-state index in [9.17, 15) is 9.59 Å². The van der Waals surface area contributed by atoms with Crippen LogP contribution in [-0.2, 0) is 4.79 Å². The predicted molar refractivity (Wildman–Crippen MR) is 70.7 cm³/mol. The number of carboxylic acid groups (broad SMARTS) is 1. The first-order chi connectivity index (χ1) is 8.45. The third kappa shape index (κ3) is 3.85. The smallest absolute Gasteiger partial charge is 0.349 e. The molecule has 0 radical (unpaired) electrons. The number of rotatable bonds is 6. The topological polar surface area (TPSA) is 82.5 Å². The second-order valence-electron chi connectivity index (χ2n) is 3.63. The van der Waals surface area contributed by atoms with Crippen LogP contribution in [0.3, 0.4) is 0 Å². The molecule has 0 spiro atoms. The van der Waals surface area contributed by atoms with Crippen LogP contribution in [0.15, 0.2) is 0 Å². The molecule has 0 aliphatic heterocycles. The maximum atomic E-state index is 11.5. The number of carbonyl (C=O) groups excluding carboxylic acids is 1. The van der Waals surface area contributed by atoms with E-state index >= 15 is 0 Å². The van der Waals surface area contributed by atoms with Crippen LogP contribution < -0.4 is 10.2 Å². The summed E-state index contributed by atoms with van der Waals surface area (Å²) in [7, 11) is 1.66. The van der Waals surface area contributed by atoms with Gasteiger partial charge in [0.1, 0.15) is 0 Å². The quantitative estimate of drug-likeness (QED) is 0.829. The summed E-state index contributed by atoms with van der Waals surface area (Å²) in [6.07, 6.45) is 0.863. The maximum Gasteiger partial charge on any atom is 0.349 e. The largest absolute Gasteiger partial charge is 0.477 e. The minimum absolute atomic E-state index is 0.0208. The Balaban J connectivity index is 2.67. The first kappa shape index (κ1) is 14.7. The van der Waals surface area contributed by atoms with E-state index in [1.807, 2.05) is 6.92 Å². The molecule has 2 N–H and O–H groups in total. The molecule has 100 valence electrons. The number of likely N-dealkylation sites (N-methyl/N-ethyl adjacent to an activating group) is 1. The highest BCUT2D eigenvalue weighted by Crippen LogP contribution is 2.28. The zero-order chi connectivity index (χ0) is 13.7. The van der Waals surface area contributed by atoms with E-state index in [4.69, 9.17) is 16.7 Å². The molecule has 0 unspecified atom stereocenters. The van der Waals surface area contributed by atoms with E-state index in [1.54, 1.807) is 11.9 Å². The summed E-state index contributed by atoms with van der Waals surface area (Å²) >= 11 is 6.64. The number of aromatic nitrogens is 1. The van der Waals surface area contributed by atoms with Crippen molar-refractivity contribution in [3.63, 3.8) is 0 Å². The van der Waals surface area contributed by atoms with Crippen LogP contribution in [0.5, 0.6) is 0 Å². The summed E-state index contributed by atoms with van der Waals surface area (Å²) in [5.41, 5.74) is 0. The Labute approximate surface area is 114 Å². The summed E-state index contributed by atoms with van der Waals surface area (Å²) < 4.78 is 0. The first-order valence-electron chi connectivity index (χ1n) is 5.33. The average molecular weight is 292 g/mol. The molecular weight excluding hydrogens is 278 g/mol. The van der Waals surface area contributed by atoms with Crippen molar-refractivity contribution in [1.29, 1.82) is 0 Å². The molecule has 0 aliphatic carbocycles. The van der Waals surface area contributed by atoms with Crippen molar-refractivity contribution in [3.05, 3.63) is 10.0 Å². The molecule has 8 heteroatoms. The Hall–Kier alpha value is -1.34. The highest BCUT2D eigenvalue weighted by Gasteiger charge is 2.18. The van der Waals surface area contributed by atoms with Crippen molar-refractivity contribution in [2.24, 2.45) is 0 Å². The van der Waals surface area contributed by atoms with Crippen LogP contribution in [0.25, 0.3) is 0 Å². The number of nitrogens with one attached hydrogen (secondary N) is 1. The summed E-state index contributed by atoms with van der Waals surface area (Å²) in [5.74, 6) is -1.25. The van der Waals surface area contributed by atoms with E-state index in [-0.39, 0.29) is 22.5 Å². The molecule has 0 saturated carbocycles. The summed E-state index contributed by atoms with van der Waals surface area (Å²) in [6.45, 7) is 2.69. The minimum atomic E-state index is -1.12. The Morgan fingerprint density at radius 3 is 2.72 bits per heavy atom. The fourth-order valence-electron chi connectivity index (χ4n) is 1.19. The monoisotopic (exact) mass is 291 g/mol.